The highest BCUT2D eigenvalue weighted by atomic mass is 79.9. The first-order chi connectivity index (χ1) is 9.19. The maximum Gasteiger partial charge on any atom is 0.165 e. The molecule has 19 heavy (non-hydrogen) atoms. The molecule has 0 bridgehead atoms. The minimum atomic E-state index is 0.606. The molecule has 6 heteroatoms. The first kappa shape index (κ1) is 14.5. The molecule has 1 aromatic heterocycles. The Morgan fingerprint density at radius 3 is 2.84 bits per heavy atom. The van der Waals surface area contributed by atoms with E-state index in [9.17, 15) is 0 Å². The minimum absolute atomic E-state index is 0.606. The summed E-state index contributed by atoms with van der Waals surface area (Å²) in [6.07, 6.45) is 0. The fourth-order valence-electron chi connectivity index (χ4n) is 1.87. The number of nitrogens with zero attached hydrogens (tertiary/aromatic N) is 3. The molecule has 0 radical (unpaired) electrons. The third-order valence-corrected chi connectivity index (χ3v) is 3.90. The van der Waals surface area contributed by atoms with Gasteiger partial charge in [0.15, 0.2) is 5.82 Å². The van der Waals surface area contributed by atoms with Crippen molar-refractivity contribution in [2.75, 3.05) is 13.7 Å². The molecular weight excluding hydrogens is 330 g/mol. The molecule has 0 aliphatic rings. The number of aryl methyl sites for hydroxylation is 1. The van der Waals surface area contributed by atoms with E-state index in [1.165, 1.54) is 0 Å². The Hall–Kier alpha value is -0.910. The SMILES string of the molecule is COCCn1c(CBr)nnc1-c1cccc(C)c1Cl. The summed E-state index contributed by atoms with van der Waals surface area (Å²) in [5.74, 6) is 1.64. The number of hydrogen-bond acceptors (Lipinski definition) is 3. The molecule has 1 aromatic carbocycles. The van der Waals surface area contributed by atoms with Crippen LogP contribution in [0.5, 0.6) is 0 Å². The lowest BCUT2D eigenvalue weighted by Gasteiger charge is -2.10. The van der Waals surface area contributed by atoms with E-state index in [2.05, 4.69) is 26.1 Å². The van der Waals surface area contributed by atoms with Gasteiger partial charge in [0.25, 0.3) is 0 Å². The molecule has 0 spiro atoms. The Bertz CT molecular complexity index is 571. The number of rotatable bonds is 5. The topological polar surface area (TPSA) is 39.9 Å². The second kappa shape index (κ2) is 6.50. The van der Waals surface area contributed by atoms with Crippen LogP contribution in [0.3, 0.4) is 0 Å². The highest BCUT2D eigenvalue weighted by molar-refractivity contribution is 9.08. The van der Waals surface area contributed by atoms with E-state index in [-0.39, 0.29) is 0 Å². The summed E-state index contributed by atoms with van der Waals surface area (Å²) < 4.78 is 7.16. The Kier molecular flexibility index (Phi) is 4.96. The molecule has 0 aliphatic heterocycles. The van der Waals surface area contributed by atoms with Gasteiger partial charge in [-0.25, -0.2) is 0 Å². The first-order valence-corrected chi connectivity index (χ1v) is 7.41. The molecule has 0 amide bonds. The summed E-state index contributed by atoms with van der Waals surface area (Å²) in [5.41, 5.74) is 1.93. The summed E-state index contributed by atoms with van der Waals surface area (Å²) in [5, 5.41) is 9.80. The van der Waals surface area contributed by atoms with E-state index in [1.54, 1.807) is 7.11 Å². The van der Waals surface area contributed by atoms with Gasteiger partial charge in [-0.1, -0.05) is 39.7 Å². The number of aromatic nitrogens is 3. The predicted molar refractivity (Wildman–Crippen MR) is 79.7 cm³/mol. The van der Waals surface area contributed by atoms with Crippen LogP contribution in [0.15, 0.2) is 18.2 Å². The lowest BCUT2D eigenvalue weighted by atomic mass is 10.1. The van der Waals surface area contributed by atoms with Crippen molar-refractivity contribution >= 4 is 27.5 Å². The van der Waals surface area contributed by atoms with Gasteiger partial charge >= 0.3 is 0 Å². The highest BCUT2D eigenvalue weighted by Crippen LogP contribution is 2.29. The Morgan fingerprint density at radius 1 is 1.37 bits per heavy atom. The van der Waals surface area contributed by atoms with Gasteiger partial charge in [-0.15, -0.1) is 10.2 Å². The third-order valence-electron chi connectivity index (χ3n) is 2.90. The van der Waals surface area contributed by atoms with Crippen molar-refractivity contribution in [3.05, 3.63) is 34.6 Å². The van der Waals surface area contributed by atoms with E-state index in [4.69, 9.17) is 16.3 Å². The molecule has 0 N–H and O–H groups in total. The largest absolute Gasteiger partial charge is 0.383 e. The van der Waals surface area contributed by atoms with E-state index in [0.29, 0.717) is 18.5 Å². The van der Waals surface area contributed by atoms with Crippen LogP contribution in [-0.4, -0.2) is 28.5 Å². The van der Waals surface area contributed by atoms with Crippen LogP contribution in [0.2, 0.25) is 5.02 Å². The summed E-state index contributed by atoms with van der Waals surface area (Å²) in [4.78, 5) is 0. The normalized spacial score (nSPS) is 10.9. The lowest BCUT2D eigenvalue weighted by molar-refractivity contribution is 0.187. The van der Waals surface area contributed by atoms with Crippen molar-refractivity contribution in [1.29, 1.82) is 0 Å². The number of ether oxygens (including phenoxy) is 1. The van der Waals surface area contributed by atoms with Crippen LogP contribution in [0.25, 0.3) is 11.4 Å². The molecule has 2 aromatic rings. The van der Waals surface area contributed by atoms with E-state index in [0.717, 1.165) is 27.8 Å². The highest BCUT2D eigenvalue weighted by Gasteiger charge is 2.16. The average Bonchev–Trinajstić information content (AvgIpc) is 2.82. The van der Waals surface area contributed by atoms with E-state index >= 15 is 0 Å². The lowest BCUT2D eigenvalue weighted by Crippen LogP contribution is -2.09. The van der Waals surface area contributed by atoms with Crippen molar-refractivity contribution in [3.63, 3.8) is 0 Å². The minimum Gasteiger partial charge on any atom is -0.383 e. The Balaban J connectivity index is 2.49. The zero-order chi connectivity index (χ0) is 13.8. The van der Waals surface area contributed by atoms with Gasteiger partial charge in [0.05, 0.1) is 17.0 Å². The van der Waals surface area contributed by atoms with E-state index < -0.39 is 0 Å². The molecular formula is C13H15BrClN3O. The van der Waals surface area contributed by atoms with Gasteiger partial charge in [0, 0.05) is 19.2 Å². The van der Waals surface area contributed by atoms with Gasteiger partial charge in [-0.3, -0.25) is 0 Å². The van der Waals surface area contributed by atoms with E-state index in [1.807, 2.05) is 29.7 Å². The van der Waals surface area contributed by atoms with Gasteiger partial charge in [-0.2, -0.15) is 0 Å². The zero-order valence-electron chi connectivity index (χ0n) is 10.9. The van der Waals surface area contributed by atoms with Gasteiger partial charge in [0.1, 0.15) is 5.82 Å². The quantitative estimate of drug-likeness (QED) is 0.780. The van der Waals surface area contributed by atoms with Crippen LogP contribution < -0.4 is 0 Å². The molecule has 102 valence electrons. The molecule has 0 saturated heterocycles. The number of halogens is 2. The summed E-state index contributed by atoms with van der Waals surface area (Å²) in [7, 11) is 1.68. The van der Waals surface area contributed by atoms with Gasteiger partial charge in [-0.05, 0) is 18.6 Å². The second-order valence-corrected chi connectivity index (χ2v) is 5.09. The van der Waals surface area contributed by atoms with Gasteiger partial charge in [0.2, 0.25) is 0 Å². The summed E-state index contributed by atoms with van der Waals surface area (Å²) >= 11 is 9.78. The maximum absolute atomic E-state index is 6.36. The number of hydrogen-bond donors (Lipinski definition) is 0. The van der Waals surface area contributed by atoms with Crippen molar-refractivity contribution in [2.45, 2.75) is 18.8 Å². The van der Waals surface area contributed by atoms with Crippen LogP contribution in [0.1, 0.15) is 11.4 Å². The number of methoxy groups -OCH3 is 1. The van der Waals surface area contributed by atoms with Crippen molar-refractivity contribution in [3.8, 4) is 11.4 Å². The van der Waals surface area contributed by atoms with Gasteiger partial charge < -0.3 is 9.30 Å². The standard InChI is InChI=1S/C13H15BrClN3O/c1-9-4-3-5-10(12(9)15)13-17-16-11(8-14)18(13)6-7-19-2/h3-5H,6-8H2,1-2H3. The van der Waals surface area contributed by atoms with Crippen molar-refractivity contribution in [1.82, 2.24) is 14.8 Å². The fraction of sp³-hybridized carbons (Fsp3) is 0.385. The number of benzene rings is 1. The third kappa shape index (κ3) is 2.99. The zero-order valence-corrected chi connectivity index (χ0v) is 13.2. The molecule has 0 fully saturated rings. The molecule has 4 nitrogen and oxygen atoms in total. The molecule has 0 aliphatic carbocycles. The van der Waals surface area contributed by atoms with Crippen LogP contribution >= 0.6 is 27.5 Å². The Labute approximate surface area is 125 Å². The fourth-order valence-corrected chi connectivity index (χ4v) is 2.50. The number of alkyl halides is 1. The molecule has 0 unspecified atom stereocenters. The average molecular weight is 345 g/mol. The van der Waals surface area contributed by atoms with Crippen molar-refractivity contribution < 1.29 is 4.74 Å². The summed E-state index contributed by atoms with van der Waals surface area (Å²) in [6, 6.07) is 5.91. The van der Waals surface area contributed by atoms with Crippen LogP contribution in [0, 0.1) is 6.92 Å². The second-order valence-electron chi connectivity index (χ2n) is 4.15. The van der Waals surface area contributed by atoms with Crippen molar-refractivity contribution in [2.24, 2.45) is 0 Å². The molecule has 0 atom stereocenters. The summed E-state index contributed by atoms with van der Waals surface area (Å²) in [6.45, 7) is 3.28. The monoisotopic (exact) mass is 343 g/mol. The first-order valence-electron chi connectivity index (χ1n) is 5.91. The molecule has 1 heterocycles. The smallest absolute Gasteiger partial charge is 0.165 e. The molecule has 0 saturated carbocycles. The predicted octanol–water partition coefficient (Wildman–Crippen LogP) is 3.45. The maximum atomic E-state index is 6.36. The van der Waals surface area contributed by atoms with Crippen LogP contribution in [0.4, 0.5) is 0 Å². The Morgan fingerprint density at radius 2 is 2.16 bits per heavy atom. The van der Waals surface area contributed by atoms with Crippen LogP contribution in [-0.2, 0) is 16.6 Å². The molecule has 2 rings (SSSR count).